The van der Waals surface area contributed by atoms with E-state index < -0.39 is 0 Å². The van der Waals surface area contributed by atoms with E-state index in [1.807, 2.05) is 0 Å². The highest BCUT2D eigenvalue weighted by Gasteiger charge is 2.45. The maximum Gasteiger partial charge on any atom is 0.190 e. The van der Waals surface area contributed by atoms with Gasteiger partial charge in [0, 0.05) is 18.5 Å². The predicted molar refractivity (Wildman–Crippen MR) is 161 cm³/mol. The molecule has 0 spiro atoms. The Morgan fingerprint density at radius 1 is 0.718 bits per heavy atom. The smallest absolute Gasteiger partial charge is 0.190 e. The number of fused-ring (bicyclic) bond motifs is 2. The summed E-state index contributed by atoms with van der Waals surface area (Å²) in [4.78, 5) is 2.61. The van der Waals surface area contributed by atoms with Gasteiger partial charge in [0.25, 0.3) is 0 Å². The number of allylic oxidation sites excluding steroid dienone is 3. The van der Waals surface area contributed by atoms with E-state index in [4.69, 9.17) is 9.47 Å². The van der Waals surface area contributed by atoms with Crippen molar-refractivity contribution in [3.05, 3.63) is 34.9 Å². The van der Waals surface area contributed by atoms with Crippen LogP contribution in [0, 0.1) is 29.6 Å². The minimum atomic E-state index is 0.391. The fraction of sp³-hybridized carbons (Fsp3) is 0.833. The predicted octanol–water partition coefficient (Wildman–Crippen LogP) is 9.69. The molecule has 0 aromatic rings. The maximum absolute atomic E-state index is 6.75. The van der Waals surface area contributed by atoms with E-state index >= 15 is 0 Å². The second kappa shape index (κ2) is 12.6. The molecule has 6 aliphatic rings. The number of hydrogen-bond donors (Lipinski definition) is 0. The number of hydrogen-bond acceptors (Lipinski definition) is 3. The molecule has 4 saturated carbocycles. The van der Waals surface area contributed by atoms with Gasteiger partial charge < -0.3 is 14.4 Å². The highest BCUT2D eigenvalue weighted by atomic mass is 16.5. The third-order valence-electron chi connectivity index (χ3n) is 12.0. The lowest BCUT2D eigenvalue weighted by atomic mass is 9.68. The normalized spacial score (nSPS) is 37.6. The van der Waals surface area contributed by atoms with Gasteiger partial charge in [-0.15, -0.1) is 0 Å². The van der Waals surface area contributed by atoms with Crippen LogP contribution in [0.1, 0.15) is 136 Å². The summed E-state index contributed by atoms with van der Waals surface area (Å²) < 4.78 is 13.5. The highest BCUT2D eigenvalue weighted by molar-refractivity contribution is 5.35. The molecular formula is C36H57NO2. The third kappa shape index (κ3) is 5.85. The van der Waals surface area contributed by atoms with Crippen LogP contribution in [0.2, 0.25) is 0 Å². The first kappa shape index (κ1) is 27.8. The van der Waals surface area contributed by atoms with E-state index in [9.17, 15) is 0 Å². The van der Waals surface area contributed by atoms with Crippen molar-refractivity contribution in [3.63, 3.8) is 0 Å². The number of rotatable bonds is 7. The molecule has 1 saturated heterocycles. The second-order valence-electron chi connectivity index (χ2n) is 14.0. The Morgan fingerprint density at radius 2 is 1.36 bits per heavy atom. The van der Waals surface area contributed by atoms with Gasteiger partial charge in [-0.2, -0.15) is 0 Å². The zero-order valence-corrected chi connectivity index (χ0v) is 25.5. The van der Waals surface area contributed by atoms with Crippen LogP contribution in [0.3, 0.4) is 0 Å². The zero-order chi connectivity index (χ0) is 26.8. The summed E-state index contributed by atoms with van der Waals surface area (Å²) in [6, 6.07) is 0.577. The summed E-state index contributed by atoms with van der Waals surface area (Å²) in [5.41, 5.74) is 2.97. The van der Waals surface area contributed by atoms with Crippen molar-refractivity contribution in [1.82, 2.24) is 4.90 Å². The lowest BCUT2D eigenvalue weighted by Crippen LogP contribution is -2.41. The van der Waals surface area contributed by atoms with Gasteiger partial charge in [0.05, 0.1) is 6.04 Å². The lowest BCUT2D eigenvalue weighted by molar-refractivity contribution is 0.0482. The molecule has 6 unspecified atom stereocenters. The van der Waals surface area contributed by atoms with Gasteiger partial charge in [0.2, 0.25) is 0 Å². The Hall–Kier alpha value is -1.38. The molecule has 3 heteroatoms. The van der Waals surface area contributed by atoms with E-state index in [1.165, 1.54) is 114 Å². The quantitative estimate of drug-likeness (QED) is 0.324. The molecule has 0 aromatic carbocycles. The Labute approximate surface area is 239 Å². The molecule has 5 fully saturated rings. The molecular weight excluding hydrogens is 478 g/mol. The Kier molecular flexibility index (Phi) is 9.00. The van der Waals surface area contributed by atoms with E-state index in [-0.39, 0.29) is 0 Å². The van der Waals surface area contributed by atoms with E-state index in [2.05, 4.69) is 37.8 Å². The maximum atomic E-state index is 6.75. The van der Waals surface area contributed by atoms with Crippen molar-refractivity contribution in [1.29, 1.82) is 0 Å². The minimum Gasteiger partial charge on any atom is -0.490 e. The molecule has 0 bridgehead atoms. The van der Waals surface area contributed by atoms with E-state index in [1.54, 1.807) is 5.57 Å². The van der Waals surface area contributed by atoms with Crippen LogP contribution in [-0.4, -0.2) is 29.7 Å². The molecule has 2 aliphatic heterocycles. The zero-order valence-electron chi connectivity index (χ0n) is 25.5. The first-order valence-corrected chi connectivity index (χ1v) is 17.4. The largest absolute Gasteiger partial charge is 0.490 e. The minimum absolute atomic E-state index is 0.391. The Bertz CT molecular complexity index is 920. The molecule has 3 nitrogen and oxygen atoms in total. The number of ether oxygens (including phenoxy) is 2. The number of nitrogens with zero attached hydrogens (tertiary/aromatic N) is 1. The summed E-state index contributed by atoms with van der Waals surface area (Å²) in [7, 11) is 0. The van der Waals surface area contributed by atoms with E-state index in [0.29, 0.717) is 24.2 Å². The summed E-state index contributed by atoms with van der Waals surface area (Å²) in [6.07, 6.45) is 30.4. The van der Waals surface area contributed by atoms with Crippen LogP contribution in [0.25, 0.3) is 0 Å². The molecule has 6 atom stereocenters. The molecule has 0 N–H and O–H groups in total. The van der Waals surface area contributed by atoms with Crippen LogP contribution in [-0.2, 0) is 9.47 Å². The molecule has 4 aliphatic carbocycles. The van der Waals surface area contributed by atoms with Gasteiger partial charge in [0.1, 0.15) is 18.0 Å². The molecule has 0 amide bonds. The first-order valence-electron chi connectivity index (χ1n) is 17.4. The summed E-state index contributed by atoms with van der Waals surface area (Å²) in [5, 5.41) is 0. The monoisotopic (exact) mass is 535 g/mol. The fourth-order valence-electron chi connectivity index (χ4n) is 9.82. The van der Waals surface area contributed by atoms with Crippen LogP contribution >= 0.6 is 0 Å². The van der Waals surface area contributed by atoms with Crippen molar-refractivity contribution in [2.75, 3.05) is 6.54 Å². The average Bonchev–Trinajstić information content (AvgIpc) is 3.53. The van der Waals surface area contributed by atoms with Crippen LogP contribution in [0.5, 0.6) is 0 Å². The van der Waals surface area contributed by atoms with Gasteiger partial charge in [-0.05, 0) is 99.2 Å². The molecule has 218 valence electrons. The Balaban J connectivity index is 1.17. The highest BCUT2D eigenvalue weighted by Crippen LogP contribution is 2.49. The van der Waals surface area contributed by atoms with E-state index in [0.717, 1.165) is 48.9 Å². The van der Waals surface area contributed by atoms with Gasteiger partial charge in [0.15, 0.2) is 5.88 Å². The van der Waals surface area contributed by atoms with Crippen molar-refractivity contribution in [2.45, 2.75) is 155 Å². The van der Waals surface area contributed by atoms with Crippen LogP contribution < -0.4 is 0 Å². The average molecular weight is 536 g/mol. The van der Waals surface area contributed by atoms with Crippen molar-refractivity contribution in [2.24, 2.45) is 29.6 Å². The molecule has 0 aromatic heterocycles. The lowest BCUT2D eigenvalue weighted by Gasteiger charge is -2.39. The molecule has 0 radical (unpaired) electrons. The van der Waals surface area contributed by atoms with Crippen molar-refractivity contribution in [3.8, 4) is 0 Å². The second-order valence-corrected chi connectivity index (χ2v) is 14.0. The molecule has 2 heterocycles. The Morgan fingerprint density at radius 3 is 1.97 bits per heavy atom. The molecule has 39 heavy (non-hydrogen) atoms. The standard InChI is InChI=1S/C36H57NO2/c1-4-25(21-35-30(5-2)31-23-28(17-19-33(31)38-35)26-13-9-7-10-14-26)22-36-37(6-3)32-24-29(18-20-34(32)39-36)27-15-11-8-12-16-27/h21-22,26-29,31-34H,4-20,23-24H2,1-3H3. The fourth-order valence-corrected chi connectivity index (χ4v) is 9.82. The van der Waals surface area contributed by atoms with Gasteiger partial charge in [-0.1, -0.05) is 78.1 Å². The summed E-state index contributed by atoms with van der Waals surface area (Å²) >= 11 is 0. The van der Waals surface area contributed by atoms with Gasteiger partial charge in [-0.3, -0.25) is 0 Å². The first-order chi connectivity index (χ1) is 19.2. The summed E-state index contributed by atoms with van der Waals surface area (Å²) in [5.74, 6) is 6.79. The van der Waals surface area contributed by atoms with Gasteiger partial charge in [-0.25, -0.2) is 0 Å². The SMILES string of the molecule is CCC(=CC1=C(CC)C2CC(C3CCCCC3)CCC2O1)C=C1OC2CCC(C3CCCCC3)CC2N1CC. The van der Waals surface area contributed by atoms with Crippen molar-refractivity contribution >= 4 is 0 Å². The van der Waals surface area contributed by atoms with Crippen molar-refractivity contribution < 1.29 is 9.47 Å². The van der Waals surface area contributed by atoms with Crippen LogP contribution in [0.15, 0.2) is 34.9 Å². The molecule has 6 rings (SSSR count). The van der Waals surface area contributed by atoms with Gasteiger partial charge >= 0.3 is 0 Å². The number of likely N-dealkylation sites (N-methyl/N-ethyl adjacent to an activating group) is 1. The third-order valence-corrected chi connectivity index (χ3v) is 12.0. The topological polar surface area (TPSA) is 21.7 Å². The summed E-state index contributed by atoms with van der Waals surface area (Å²) in [6.45, 7) is 8.03. The van der Waals surface area contributed by atoms with Crippen LogP contribution in [0.4, 0.5) is 0 Å².